The molecule has 3 aliphatic carbocycles. The van der Waals surface area contributed by atoms with Crippen LogP contribution in [-0.4, -0.2) is 84.4 Å². The number of aliphatic hydroxyl groups is 1. The Labute approximate surface area is 369 Å². The molecule has 13 heteroatoms. The summed E-state index contributed by atoms with van der Waals surface area (Å²) in [5, 5.41) is 16.2. The Balaban J connectivity index is 1.15. The van der Waals surface area contributed by atoms with Crippen LogP contribution in [0.15, 0.2) is 48.5 Å². The molecule has 340 valence electrons. The zero-order valence-corrected chi connectivity index (χ0v) is 38.3. The van der Waals surface area contributed by atoms with Gasteiger partial charge in [-0.1, -0.05) is 96.0 Å². The molecule has 3 saturated carbocycles. The van der Waals surface area contributed by atoms with E-state index in [1.807, 2.05) is 19.1 Å². The Morgan fingerprint density at radius 1 is 0.806 bits per heavy atom. The van der Waals surface area contributed by atoms with Crippen LogP contribution in [0, 0.1) is 29.1 Å². The summed E-state index contributed by atoms with van der Waals surface area (Å²) < 4.78 is 13.0. The van der Waals surface area contributed by atoms with Crippen molar-refractivity contribution in [2.45, 2.75) is 161 Å². The molecular weight excluding hydrogens is 783 g/mol. The molecule has 4 fully saturated rings. The van der Waals surface area contributed by atoms with Crippen LogP contribution in [0.1, 0.15) is 135 Å². The highest BCUT2D eigenvalue weighted by Crippen LogP contribution is 2.66. The fourth-order valence-corrected chi connectivity index (χ4v) is 10.1. The van der Waals surface area contributed by atoms with Gasteiger partial charge in [0.2, 0.25) is 11.8 Å². The largest absolute Gasteiger partial charge is 0.461 e. The molecule has 1 heterocycles. The molecule has 1 aliphatic heterocycles. The number of nitrogens with one attached hydrogen (secondary N) is 2. The summed E-state index contributed by atoms with van der Waals surface area (Å²) in [4.78, 5) is 68.1. The van der Waals surface area contributed by atoms with E-state index in [4.69, 9.17) is 20.8 Å². The standard InChI is InChI=1S/C49H73BN4O8/c1-8-9-12-33-14-16-34(17-15-33)35-18-20-36(21-19-35)40(56)27-37(13-10-11-23-51)47(60)54-45(32(4)55)42(58)25-30(2)46(59)53-39(22-24-52)41(57)26-31(3)50-61-44-29-38-28-43(48(38,5)6)49(44,7)62-50/h14-21,30-32,37-39,43-45,55H,8-13,22-29,51-52H2,1-7H3,(H,53,59)(H,54,60)/t30-,31-,32?,37-,38+,39+,43+,44?,45+,49+/m1/s1. The van der Waals surface area contributed by atoms with Crippen molar-refractivity contribution < 1.29 is 38.4 Å². The van der Waals surface area contributed by atoms with Gasteiger partial charge in [-0.25, -0.2) is 0 Å². The summed E-state index contributed by atoms with van der Waals surface area (Å²) in [6.07, 6.45) is 5.68. The smallest absolute Gasteiger partial charge is 0.405 e. The third kappa shape index (κ3) is 11.7. The lowest BCUT2D eigenvalue weighted by Gasteiger charge is -2.64. The van der Waals surface area contributed by atoms with Gasteiger partial charge in [-0.3, -0.25) is 24.0 Å². The maximum atomic E-state index is 13.8. The third-order valence-corrected chi connectivity index (χ3v) is 14.3. The number of nitrogens with two attached hydrogens (primary N) is 2. The Kier molecular flexibility index (Phi) is 17.3. The normalized spacial score (nSPS) is 24.1. The lowest BCUT2D eigenvalue weighted by Crippen LogP contribution is -2.65. The van der Waals surface area contributed by atoms with Crippen molar-refractivity contribution in [3.05, 3.63) is 59.7 Å². The highest BCUT2D eigenvalue weighted by molar-refractivity contribution is 6.47. The van der Waals surface area contributed by atoms with Crippen molar-refractivity contribution in [1.82, 2.24) is 10.6 Å². The number of benzene rings is 2. The van der Waals surface area contributed by atoms with E-state index < -0.39 is 60.3 Å². The maximum absolute atomic E-state index is 13.8. The van der Waals surface area contributed by atoms with Crippen molar-refractivity contribution in [3.63, 3.8) is 0 Å². The summed E-state index contributed by atoms with van der Waals surface area (Å²) in [5.41, 5.74) is 15.2. The van der Waals surface area contributed by atoms with Gasteiger partial charge in [0.05, 0.1) is 23.9 Å². The van der Waals surface area contributed by atoms with Crippen molar-refractivity contribution in [2.24, 2.45) is 40.6 Å². The first kappa shape index (κ1) is 49.3. The Bertz CT molecular complexity index is 1850. The fraction of sp³-hybridized carbons (Fsp3) is 0.653. The zero-order chi connectivity index (χ0) is 45.4. The van der Waals surface area contributed by atoms with Gasteiger partial charge in [0.1, 0.15) is 6.04 Å². The average molecular weight is 857 g/mol. The number of unbranched alkanes of at least 4 members (excludes halogenated alkanes) is 2. The monoisotopic (exact) mass is 857 g/mol. The molecule has 0 spiro atoms. The number of hydrogen-bond donors (Lipinski definition) is 5. The van der Waals surface area contributed by atoms with Gasteiger partial charge in [-0.15, -0.1) is 0 Å². The van der Waals surface area contributed by atoms with Crippen LogP contribution in [0.25, 0.3) is 11.1 Å². The Morgan fingerprint density at radius 3 is 2.06 bits per heavy atom. The lowest BCUT2D eigenvalue weighted by molar-refractivity contribution is -0.199. The van der Waals surface area contributed by atoms with E-state index in [9.17, 15) is 29.1 Å². The minimum Gasteiger partial charge on any atom is -0.405 e. The van der Waals surface area contributed by atoms with Crippen molar-refractivity contribution >= 4 is 36.3 Å². The highest BCUT2D eigenvalue weighted by Gasteiger charge is 2.68. The van der Waals surface area contributed by atoms with Crippen LogP contribution in [-0.2, 0) is 34.9 Å². The number of aryl methyl sites for hydroxylation is 1. The molecule has 62 heavy (non-hydrogen) atoms. The summed E-state index contributed by atoms with van der Waals surface area (Å²) in [6, 6.07) is 13.6. The number of Topliss-reactive ketones (excluding diaryl/α,β-unsaturated/α-hetero) is 3. The number of hydrogen-bond acceptors (Lipinski definition) is 10. The van der Waals surface area contributed by atoms with Gasteiger partial charge in [-0.05, 0) is 112 Å². The highest BCUT2D eigenvalue weighted by atomic mass is 16.7. The minimum absolute atomic E-state index is 0.00735. The van der Waals surface area contributed by atoms with E-state index in [1.165, 1.54) is 12.5 Å². The topological polar surface area (TPSA) is 200 Å². The van der Waals surface area contributed by atoms with Crippen LogP contribution < -0.4 is 22.1 Å². The van der Waals surface area contributed by atoms with E-state index in [2.05, 4.69) is 62.6 Å². The molecule has 0 radical (unpaired) electrons. The summed E-state index contributed by atoms with van der Waals surface area (Å²) in [5.74, 6) is -2.89. The molecule has 4 aliphatic rings. The molecule has 2 unspecified atom stereocenters. The zero-order valence-electron chi connectivity index (χ0n) is 38.3. The van der Waals surface area contributed by atoms with Gasteiger partial charge in [-0.2, -0.15) is 0 Å². The predicted molar refractivity (Wildman–Crippen MR) is 243 cm³/mol. The van der Waals surface area contributed by atoms with Gasteiger partial charge in [0, 0.05) is 36.7 Å². The number of carbonyl (C=O) groups excluding carboxylic acids is 5. The molecule has 2 aromatic rings. The summed E-state index contributed by atoms with van der Waals surface area (Å²) >= 11 is 0. The molecule has 1 saturated heterocycles. The van der Waals surface area contributed by atoms with Crippen LogP contribution in [0.2, 0.25) is 5.82 Å². The van der Waals surface area contributed by atoms with Gasteiger partial charge >= 0.3 is 7.12 Å². The first-order chi connectivity index (χ1) is 29.4. The molecule has 2 bridgehead atoms. The minimum atomic E-state index is -1.31. The number of carbonyl (C=O) groups is 5. The number of amides is 2. The summed E-state index contributed by atoms with van der Waals surface area (Å²) in [6.45, 7) is 14.4. The van der Waals surface area contributed by atoms with Crippen LogP contribution in [0.4, 0.5) is 0 Å². The molecule has 6 rings (SSSR count). The first-order valence-electron chi connectivity index (χ1n) is 23.2. The van der Waals surface area contributed by atoms with Crippen molar-refractivity contribution in [2.75, 3.05) is 13.1 Å². The van der Waals surface area contributed by atoms with E-state index in [0.717, 1.165) is 43.2 Å². The number of ketones is 3. The van der Waals surface area contributed by atoms with E-state index in [0.29, 0.717) is 43.2 Å². The van der Waals surface area contributed by atoms with E-state index in [1.54, 1.807) is 19.1 Å². The molecule has 2 aromatic carbocycles. The molecule has 2 amide bonds. The quantitative estimate of drug-likeness (QED) is 0.0424. The molecule has 0 aromatic heterocycles. The number of rotatable bonds is 25. The lowest BCUT2D eigenvalue weighted by atomic mass is 9.43. The molecular formula is C49H73BN4O8. The molecule has 10 atom stereocenters. The van der Waals surface area contributed by atoms with Crippen LogP contribution in [0.3, 0.4) is 0 Å². The first-order valence-corrected chi connectivity index (χ1v) is 23.2. The predicted octanol–water partition coefficient (Wildman–Crippen LogP) is 6.39. The second-order valence-electron chi connectivity index (χ2n) is 19.4. The van der Waals surface area contributed by atoms with Gasteiger partial charge in [0.25, 0.3) is 0 Å². The van der Waals surface area contributed by atoms with E-state index in [-0.39, 0.29) is 61.1 Å². The Morgan fingerprint density at radius 2 is 1.47 bits per heavy atom. The third-order valence-electron chi connectivity index (χ3n) is 14.3. The van der Waals surface area contributed by atoms with Crippen LogP contribution >= 0.6 is 0 Å². The second kappa shape index (κ2) is 21.8. The van der Waals surface area contributed by atoms with Crippen LogP contribution in [0.5, 0.6) is 0 Å². The average Bonchev–Trinajstić information content (AvgIpc) is 3.61. The Hall–Kier alpha value is -3.75. The molecule has 7 N–H and O–H groups in total. The SMILES string of the molecule is CCCCc1ccc(-c2ccc(C(=O)C[C@@H](CCCCN)C(=O)N[C@H](C(=O)C[C@@H](C)C(=O)N[C@@H](CCN)C(=O)C[C@@H](C)B3OC4C[C@@H]5C[C@@H](C5(C)C)[C@]4(C)O3)C(C)O)cc2)cc1. The fourth-order valence-electron chi connectivity index (χ4n) is 10.1. The van der Waals surface area contributed by atoms with Crippen molar-refractivity contribution in [1.29, 1.82) is 0 Å². The number of aliphatic hydroxyl groups excluding tert-OH is 1. The van der Waals surface area contributed by atoms with E-state index >= 15 is 0 Å². The maximum Gasteiger partial charge on any atom is 0.461 e. The van der Waals surface area contributed by atoms with Gasteiger partial charge < -0.3 is 36.5 Å². The summed E-state index contributed by atoms with van der Waals surface area (Å²) in [7, 11) is -0.531. The van der Waals surface area contributed by atoms with Crippen molar-refractivity contribution in [3.8, 4) is 11.1 Å². The molecule has 12 nitrogen and oxygen atoms in total. The van der Waals surface area contributed by atoms with Gasteiger partial charge in [0.15, 0.2) is 17.3 Å². The second-order valence-corrected chi connectivity index (χ2v) is 19.4.